The number of fused-ring (bicyclic) bond motifs is 3. The summed E-state index contributed by atoms with van der Waals surface area (Å²) in [5.41, 5.74) is 11.9. The van der Waals surface area contributed by atoms with Crippen molar-refractivity contribution in [2.75, 3.05) is 12.5 Å². The predicted molar refractivity (Wildman–Crippen MR) is 111 cm³/mol. The van der Waals surface area contributed by atoms with Crippen LogP contribution in [0.4, 0.5) is 5.82 Å². The molecule has 3 heterocycles. The molecule has 0 atom stereocenters. The fourth-order valence-electron chi connectivity index (χ4n) is 4.05. The van der Waals surface area contributed by atoms with Gasteiger partial charge in [0.1, 0.15) is 11.6 Å². The van der Waals surface area contributed by atoms with Crippen LogP contribution in [0, 0.1) is 6.92 Å². The van der Waals surface area contributed by atoms with Crippen molar-refractivity contribution in [1.29, 1.82) is 0 Å². The molecular weight excluding hydrogens is 382 g/mol. The number of nitrogens with one attached hydrogen (secondary N) is 1. The predicted octanol–water partition coefficient (Wildman–Crippen LogP) is 3.19. The molecule has 0 bridgehead atoms. The molecule has 1 aliphatic carbocycles. The number of carbonyl (C=O) groups excluding carboxylic acids is 1. The van der Waals surface area contributed by atoms with Crippen molar-refractivity contribution in [2.45, 2.75) is 13.3 Å². The first-order chi connectivity index (χ1) is 14.6. The van der Waals surface area contributed by atoms with E-state index in [4.69, 9.17) is 15.2 Å². The second-order valence-corrected chi connectivity index (χ2v) is 7.46. The normalized spacial score (nSPS) is 14.2. The lowest BCUT2D eigenvalue weighted by Gasteiger charge is -2.06. The first-order valence-corrected chi connectivity index (χ1v) is 9.55. The van der Waals surface area contributed by atoms with E-state index in [0.29, 0.717) is 34.9 Å². The number of benzene rings is 2. The quantitative estimate of drug-likeness (QED) is 0.512. The summed E-state index contributed by atoms with van der Waals surface area (Å²) in [7, 11) is 0. The number of anilines is 1. The summed E-state index contributed by atoms with van der Waals surface area (Å²) < 4.78 is 12.4. The number of hydrogen-bond acceptors (Lipinski definition) is 6. The van der Waals surface area contributed by atoms with Gasteiger partial charge in [-0.3, -0.25) is 4.79 Å². The van der Waals surface area contributed by atoms with Gasteiger partial charge in [0.2, 0.25) is 6.79 Å². The Morgan fingerprint density at radius 1 is 1.20 bits per heavy atom. The van der Waals surface area contributed by atoms with Crippen LogP contribution in [0.2, 0.25) is 0 Å². The molecule has 0 unspecified atom stereocenters. The standard InChI is InChI=1S/C22H17N5O3/c1-11-25-17-3-2-15(8-18(17)26-11)27-22(23)16(9-24-27)21(28)14-4-12-6-19-20(30-10-29-19)7-13(12)5-14/h2-4,6-9H,5,10,23H2,1H3,(H,25,26). The van der Waals surface area contributed by atoms with Crippen LogP contribution in [0.15, 0.2) is 42.1 Å². The Bertz CT molecular complexity index is 1400. The number of H-pyrrole nitrogens is 1. The summed E-state index contributed by atoms with van der Waals surface area (Å²) in [6, 6.07) is 9.54. The Morgan fingerprint density at radius 3 is 2.90 bits per heavy atom. The van der Waals surface area contributed by atoms with E-state index in [1.54, 1.807) is 4.68 Å². The Hall–Kier alpha value is -4.07. The van der Waals surface area contributed by atoms with E-state index in [-0.39, 0.29) is 12.6 Å². The van der Waals surface area contributed by atoms with Crippen molar-refractivity contribution >= 4 is 28.7 Å². The third-order valence-corrected chi connectivity index (χ3v) is 5.52. The topological polar surface area (TPSA) is 108 Å². The lowest BCUT2D eigenvalue weighted by Crippen LogP contribution is -2.08. The highest BCUT2D eigenvalue weighted by atomic mass is 16.7. The number of aromatic nitrogens is 4. The van der Waals surface area contributed by atoms with Gasteiger partial charge in [0, 0.05) is 12.0 Å². The zero-order valence-corrected chi connectivity index (χ0v) is 16.1. The molecule has 8 heteroatoms. The van der Waals surface area contributed by atoms with Gasteiger partial charge >= 0.3 is 0 Å². The molecule has 4 aromatic rings. The number of nitrogens with two attached hydrogens (primary N) is 1. The van der Waals surface area contributed by atoms with E-state index in [2.05, 4.69) is 15.1 Å². The number of ketones is 1. The number of allylic oxidation sites excluding steroid dienone is 1. The van der Waals surface area contributed by atoms with Crippen LogP contribution >= 0.6 is 0 Å². The summed E-state index contributed by atoms with van der Waals surface area (Å²) in [6.07, 6.45) is 3.93. The lowest BCUT2D eigenvalue weighted by atomic mass is 10.0. The zero-order chi connectivity index (χ0) is 20.4. The van der Waals surface area contributed by atoms with E-state index < -0.39 is 0 Å². The van der Waals surface area contributed by atoms with Crippen molar-refractivity contribution in [3.63, 3.8) is 0 Å². The highest BCUT2D eigenvalue weighted by Crippen LogP contribution is 2.39. The van der Waals surface area contributed by atoms with Gasteiger partial charge < -0.3 is 20.2 Å². The average Bonchev–Trinajstić information content (AvgIpc) is 3.49. The molecular formula is C22H17N5O3. The van der Waals surface area contributed by atoms with E-state index >= 15 is 0 Å². The second-order valence-electron chi connectivity index (χ2n) is 7.46. The number of Topliss-reactive ketones (excluding diaryl/α,β-unsaturated/α-hetero) is 1. The van der Waals surface area contributed by atoms with Crippen molar-refractivity contribution in [2.24, 2.45) is 0 Å². The summed E-state index contributed by atoms with van der Waals surface area (Å²) in [5, 5.41) is 4.36. The maximum absolute atomic E-state index is 13.2. The minimum absolute atomic E-state index is 0.129. The number of hydrogen-bond donors (Lipinski definition) is 2. The molecule has 2 aliphatic rings. The first kappa shape index (κ1) is 16.8. The van der Waals surface area contributed by atoms with Crippen LogP contribution in [0.3, 0.4) is 0 Å². The maximum atomic E-state index is 13.2. The molecule has 0 spiro atoms. The molecule has 0 amide bonds. The first-order valence-electron chi connectivity index (χ1n) is 9.55. The maximum Gasteiger partial charge on any atom is 0.231 e. The molecule has 0 saturated carbocycles. The highest BCUT2D eigenvalue weighted by Gasteiger charge is 2.26. The molecule has 0 fully saturated rings. The summed E-state index contributed by atoms with van der Waals surface area (Å²) >= 11 is 0. The Balaban J connectivity index is 1.33. The van der Waals surface area contributed by atoms with Crippen LogP contribution in [-0.4, -0.2) is 32.3 Å². The van der Waals surface area contributed by atoms with Gasteiger partial charge in [0.05, 0.1) is 28.5 Å². The van der Waals surface area contributed by atoms with Crippen molar-refractivity contribution in [1.82, 2.24) is 19.7 Å². The number of imidazole rings is 1. The van der Waals surface area contributed by atoms with Crippen LogP contribution in [0.1, 0.15) is 27.3 Å². The molecule has 30 heavy (non-hydrogen) atoms. The molecule has 2 aromatic heterocycles. The number of nitrogens with zero attached hydrogens (tertiary/aromatic N) is 3. The van der Waals surface area contributed by atoms with Crippen molar-refractivity contribution in [3.05, 3.63) is 64.6 Å². The van der Waals surface area contributed by atoms with Crippen molar-refractivity contribution in [3.8, 4) is 17.2 Å². The molecule has 2 aromatic carbocycles. The summed E-state index contributed by atoms with van der Waals surface area (Å²) in [5.74, 6) is 2.43. The summed E-state index contributed by atoms with van der Waals surface area (Å²) in [4.78, 5) is 20.8. The van der Waals surface area contributed by atoms with Gasteiger partial charge in [-0.25, -0.2) is 9.67 Å². The molecule has 3 N–H and O–H groups in total. The highest BCUT2D eigenvalue weighted by molar-refractivity contribution is 6.15. The van der Waals surface area contributed by atoms with Gasteiger partial charge in [-0.05, 0) is 54.5 Å². The molecule has 0 saturated heterocycles. The molecule has 1 aliphatic heterocycles. The Kier molecular flexibility index (Phi) is 3.35. The Labute approximate surface area is 170 Å². The third-order valence-electron chi connectivity index (χ3n) is 5.52. The average molecular weight is 399 g/mol. The zero-order valence-electron chi connectivity index (χ0n) is 16.1. The largest absolute Gasteiger partial charge is 0.454 e. The minimum atomic E-state index is -0.129. The van der Waals surface area contributed by atoms with E-state index in [0.717, 1.165) is 33.7 Å². The number of nitrogen functional groups attached to an aromatic ring is 1. The van der Waals surface area contributed by atoms with Gasteiger partial charge in [-0.2, -0.15) is 5.10 Å². The number of carbonyl (C=O) groups is 1. The second kappa shape index (κ2) is 5.96. The number of aryl methyl sites for hydroxylation is 1. The van der Waals surface area contributed by atoms with Crippen molar-refractivity contribution < 1.29 is 14.3 Å². The van der Waals surface area contributed by atoms with Crippen LogP contribution < -0.4 is 15.2 Å². The molecule has 6 rings (SSSR count). The van der Waals surface area contributed by atoms with Crippen LogP contribution in [0.5, 0.6) is 11.5 Å². The molecule has 8 nitrogen and oxygen atoms in total. The van der Waals surface area contributed by atoms with E-state index in [9.17, 15) is 4.79 Å². The smallest absolute Gasteiger partial charge is 0.231 e. The fourth-order valence-corrected chi connectivity index (χ4v) is 4.05. The Morgan fingerprint density at radius 2 is 2.03 bits per heavy atom. The number of rotatable bonds is 3. The van der Waals surface area contributed by atoms with E-state index in [1.807, 2.05) is 43.3 Å². The number of aromatic amines is 1. The van der Waals surface area contributed by atoms with Crippen LogP contribution in [-0.2, 0) is 6.42 Å². The summed E-state index contributed by atoms with van der Waals surface area (Å²) in [6.45, 7) is 2.13. The monoisotopic (exact) mass is 399 g/mol. The third kappa shape index (κ3) is 2.43. The molecule has 0 radical (unpaired) electrons. The van der Waals surface area contributed by atoms with Gasteiger partial charge in [-0.1, -0.05) is 0 Å². The van der Waals surface area contributed by atoms with Gasteiger partial charge in [0.15, 0.2) is 17.3 Å². The fraction of sp³-hybridized carbons (Fsp3) is 0.136. The van der Waals surface area contributed by atoms with Gasteiger partial charge in [0.25, 0.3) is 0 Å². The molecule has 148 valence electrons. The van der Waals surface area contributed by atoms with E-state index in [1.165, 1.54) is 6.20 Å². The number of ether oxygens (including phenoxy) is 2. The van der Waals surface area contributed by atoms with Crippen LogP contribution in [0.25, 0.3) is 22.8 Å². The van der Waals surface area contributed by atoms with Gasteiger partial charge in [-0.15, -0.1) is 0 Å². The SMILES string of the molecule is Cc1nc2ccc(-n3ncc(C(=O)C4=Cc5cc6c(cc5C4)OCO6)c3N)cc2[nH]1. The minimum Gasteiger partial charge on any atom is -0.454 e. The lowest BCUT2D eigenvalue weighted by molar-refractivity contribution is 0.103.